The Kier molecular flexibility index (Phi) is 3.04. The van der Waals surface area contributed by atoms with Crippen LogP contribution in [0.5, 0.6) is 0 Å². The highest BCUT2D eigenvalue weighted by atomic mass is 35.5. The molecule has 1 unspecified atom stereocenters. The average molecular weight is 254 g/mol. The highest BCUT2D eigenvalue weighted by molar-refractivity contribution is 6.31. The monoisotopic (exact) mass is 253 g/mol. The number of fused-ring (bicyclic) bond motifs is 1. The van der Waals surface area contributed by atoms with Crippen molar-refractivity contribution in [2.24, 2.45) is 5.73 Å². The summed E-state index contributed by atoms with van der Waals surface area (Å²) in [7, 11) is 0. The van der Waals surface area contributed by atoms with Gasteiger partial charge in [0.2, 0.25) is 0 Å². The molecule has 3 N–H and O–H groups in total. The van der Waals surface area contributed by atoms with E-state index in [1.807, 2.05) is 0 Å². The Labute approximate surface area is 102 Å². The molecule has 1 atom stereocenters. The van der Waals surface area contributed by atoms with Gasteiger partial charge in [-0.15, -0.1) is 0 Å². The summed E-state index contributed by atoms with van der Waals surface area (Å²) < 4.78 is 1.09. The fourth-order valence-corrected chi connectivity index (χ4v) is 1.85. The molecule has 0 saturated carbocycles. The van der Waals surface area contributed by atoms with Crippen LogP contribution in [0.15, 0.2) is 27.8 Å². The Bertz CT molecular complexity index is 672. The molecule has 0 spiro atoms. The van der Waals surface area contributed by atoms with Gasteiger partial charge in [0.15, 0.2) is 0 Å². The summed E-state index contributed by atoms with van der Waals surface area (Å²) in [6, 6.07) is 4.49. The van der Waals surface area contributed by atoms with Crippen LogP contribution in [0.2, 0.25) is 5.02 Å². The van der Waals surface area contributed by atoms with E-state index in [4.69, 9.17) is 17.3 Å². The maximum atomic E-state index is 12.1. The molecule has 17 heavy (non-hydrogen) atoms. The largest absolute Gasteiger partial charge is 0.328 e. The Balaban J connectivity index is 2.78. The van der Waals surface area contributed by atoms with Crippen LogP contribution in [-0.2, 0) is 6.54 Å². The van der Waals surface area contributed by atoms with E-state index in [0.29, 0.717) is 15.9 Å². The SMILES string of the molecule is CC(N)Cn1c(=O)[nH]c2ccc(Cl)cc2c1=O. The first kappa shape index (κ1) is 11.9. The van der Waals surface area contributed by atoms with Crippen molar-refractivity contribution in [1.82, 2.24) is 9.55 Å². The number of halogens is 1. The zero-order valence-corrected chi connectivity index (χ0v) is 9.99. The number of hydrogen-bond donors (Lipinski definition) is 2. The molecule has 90 valence electrons. The molecule has 0 bridgehead atoms. The Morgan fingerprint density at radius 3 is 2.82 bits per heavy atom. The van der Waals surface area contributed by atoms with Crippen LogP contribution in [0.4, 0.5) is 0 Å². The lowest BCUT2D eigenvalue weighted by atomic mass is 10.2. The van der Waals surface area contributed by atoms with Crippen molar-refractivity contribution in [3.05, 3.63) is 44.1 Å². The second-order valence-electron chi connectivity index (χ2n) is 4.01. The molecule has 0 amide bonds. The first-order valence-electron chi connectivity index (χ1n) is 5.17. The molecular weight excluding hydrogens is 242 g/mol. The van der Waals surface area contributed by atoms with Crippen LogP contribution in [0.25, 0.3) is 10.9 Å². The van der Waals surface area contributed by atoms with Crippen molar-refractivity contribution in [3.8, 4) is 0 Å². The molecule has 5 nitrogen and oxygen atoms in total. The van der Waals surface area contributed by atoms with Crippen molar-refractivity contribution in [3.63, 3.8) is 0 Å². The summed E-state index contributed by atoms with van der Waals surface area (Å²) in [4.78, 5) is 26.4. The third-order valence-corrected chi connectivity index (χ3v) is 2.65. The molecule has 0 aliphatic rings. The fraction of sp³-hybridized carbons (Fsp3) is 0.273. The molecule has 0 aliphatic heterocycles. The number of hydrogen-bond acceptors (Lipinski definition) is 3. The number of benzene rings is 1. The Hall–Kier alpha value is -1.59. The summed E-state index contributed by atoms with van der Waals surface area (Å²) in [5.74, 6) is 0. The predicted molar refractivity (Wildman–Crippen MR) is 67.5 cm³/mol. The summed E-state index contributed by atoms with van der Waals surface area (Å²) in [5, 5.41) is 0.840. The van der Waals surface area contributed by atoms with Gasteiger partial charge in [0.1, 0.15) is 0 Å². The van der Waals surface area contributed by atoms with Gasteiger partial charge in [0.05, 0.1) is 10.9 Å². The molecule has 0 aliphatic carbocycles. The lowest BCUT2D eigenvalue weighted by molar-refractivity contribution is 0.554. The number of nitrogens with one attached hydrogen (secondary N) is 1. The molecule has 1 aromatic carbocycles. The van der Waals surface area contributed by atoms with Crippen molar-refractivity contribution >= 4 is 22.5 Å². The van der Waals surface area contributed by atoms with Crippen LogP contribution in [0, 0.1) is 0 Å². The van der Waals surface area contributed by atoms with E-state index < -0.39 is 5.69 Å². The van der Waals surface area contributed by atoms with Crippen LogP contribution >= 0.6 is 11.6 Å². The third-order valence-electron chi connectivity index (χ3n) is 2.41. The van der Waals surface area contributed by atoms with Crippen molar-refractivity contribution in [2.45, 2.75) is 19.5 Å². The van der Waals surface area contributed by atoms with Gasteiger partial charge in [-0.2, -0.15) is 0 Å². The summed E-state index contributed by atoms with van der Waals surface area (Å²) >= 11 is 5.82. The quantitative estimate of drug-likeness (QED) is 0.826. The second kappa shape index (κ2) is 4.35. The van der Waals surface area contributed by atoms with Gasteiger partial charge >= 0.3 is 5.69 Å². The van der Waals surface area contributed by atoms with Gasteiger partial charge in [-0.3, -0.25) is 9.36 Å². The lowest BCUT2D eigenvalue weighted by Crippen LogP contribution is -2.39. The molecule has 0 radical (unpaired) electrons. The maximum absolute atomic E-state index is 12.1. The predicted octanol–water partition coefficient (Wildman–Crippen LogP) is 0.690. The minimum Gasteiger partial charge on any atom is -0.326 e. The molecule has 0 fully saturated rings. The first-order valence-corrected chi connectivity index (χ1v) is 5.55. The Morgan fingerprint density at radius 1 is 1.47 bits per heavy atom. The van der Waals surface area contributed by atoms with Gasteiger partial charge in [-0.05, 0) is 25.1 Å². The highest BCUT2D eigenvalue weighted by Crippen LogP contribution is 2.13. The second-order valence-corrected chi connectivity index (χ2v) is 4.45. The van der Waals surface area contributed by atoms with E-state index in [0.717, 1.165) is 4.57 Å². The molecule has 0 saturated heterocycles. The van der Waals surface area contributed by atoms with E-state index >= 15 is 0 Å². The number of aromatic nitrogens is 2. The van der Waals surface area contributed by atoms with Crippen LogP contribution in [-0.4, -0.2) is 15.6 Å². The van der Waals surface area contributed by atoms with Crippen molar-refractivity contribution < 1.29 is 0 Å². The van der Waals surface area contributed by atoms with E-state index in [2.05, 4.69) is 4.98 Å². The van der Waals surface area contributed by atoms with E-state index in [1.165, 1.54) is 6.07 Å². The summed E-state index contributed by atoms with van der Waals surface area (Å²) in [6.45, 7) is 1.91. The van der Waals surface area contributed by atoms with Crippen LogP contribution in [0.1, 0.15) is 6.92 Å². The zero-order chi connectivity index (χ0) is 12.6. The molecule has 1 aromatic heterocycles. The van der Waals surface area contributed by atoms with Crippen LogP contribution in [0.3, 0.4) is 0 Å². The summed E-state index contributed by atoms with van der Waals surface area (Å²) in [5.41, 5.74) is 5.25. The van der Waals surface area contributed by atoms with Crippen molar-refractivity contribution in [1.29, 1.82) is 0 Å². The zero-order valence-electron chi connectivity index (χ0n) is 9.24. The number of H-pyrrole nitrogens is 1. The van der Waals surface area contributed by atoms with E-state index in [1.54, 1.807) is 19.1 Å². The lowest BCUT2D eigenvalue weighted by Gasteiger charge is -2.08. The van der Waals surface area contributed by atoms with Gasteiger partial charge in [0.25, 0.3) is 5.56 Å². The molecule has 6 heteroatoms. The van der Waals surface area contributed by atoms with Gasteiger partial charge in [-0.25, -0.2) is 4.79 Å². The minimum atomic E-state index is -0.456. The minimum absolute atomic E-state index is 0.177. The van der Waals surface area contributed by atoms with Gasteiger partial charge in [0, 0.05) is 17.6 Å². The number of rotatable bonds is 2. The highest BCUT2D eigenvalue weighted by Gasteiger charge is 2.09. The standard InChI is InChI=1S/C11H12ClN3O2/c1-6(13)5-15-10(16)8-4-7(12)2-3-9(8)14-11(15)17/h2-4,6H,5,13H2,1H3,(H,14,17). The smallest absolute Gasteiger partial charge is 0.326 e. The van der Waals surface area contributed by atoms with E-state index in [-0.39, 0.29) is 18.1 Å². The molecule has 1 heterocycles. The van der Waals surface area contributed by atoms with E-state index in [9.17, 15) is 9.59 Å². The average Bonchev–Trinajstić information content (AvgIpc) is 2.25. The molecule has 2 rings (SSSR count). The van der Waals surface area contributed by atoms with Gasteiger partial charge < -0.3 is 10.7 Å². The van der Waals surface area contributed by atoms with Crippen molar-refractivity contribution in [2.75, 3.05) is 0 Å². The molecular formula is C11H12ClN3O2. The first-order chi connectivity index (χ1) is 7.99. The van der Waals surface area contributed by atoms with Crippen LogP contribution < -0.4 is 17.0 Å². The number of nitrogens with two attached hydrogens (primary N) is 1. The number of nitrogens with zero attached hydrogens (tertiary/aromatic N) is 1. The maximum Gasteiger partial charge on any atom is 0.328 e. The summed E-state index contributed by atoms with van der Waals surface area (Å²) in [6.07, 6.45) is 0. The van der Waals surface area contributed by atoms with Gasteiger partial charge in [-0.1, -0.05) is 11.6 Å². The Morgan fingerprint density at radius 2 is 2.18 bits per heavy atom. The topological polar surface area (TPSA) is 80.9 Å². The number of aromatic amines is 1. The normalized spacial score (nSPS) is 12.9. The fourth-order valence-electron chi connectivity index (χ4n) is 1.68. The third kappa shape index (κ3) is 2.25. The molecule has 2 aromatic rings.